The number of nitrogen functional groups attached to an aromatic ring is 1. The van der Waals surface area contributed by atoms with Gasteiger partial charge in [0.25, 0.3) is 0 Å². The molecule has 0 spiro atoms. The fraction of sp³-hybridized carbons (Fsp3) is 0.333. The van der Waals surface area contributed by atoms with Gasteiger partial charge in [0.15, 0.2) is 0 Å². The lowest BCUT2D eigenvalue weighted by molar-refractivity contribution is -0.137. The molecule has 1 aromatic carbocycles. The van der Waals surface area contributed by atoms with Gasteiger partial charge in [0.2, 0.25) is 10.0 Å². The van der Waals surface area contributed by atoms with Crippen molar-refractivity contribution in [1.29, 1.82) is 0 Å². The number of sulfonamides is 1. The van der Waals surface area contributed by atoms with Crippen molar-refractivity contribution in [3.63, 3.8) is 0 Å². The van der Waals surface area contributed by atoms with Gasteiger partial charge in [-0.2, -0.15) is 13.2 Å². The van der Waals surface area contributed by atoms with E-state index in [1.807, 2.05) is 13.8 Å². The first-order chi connectivity index (χ1) is 11.5. The van der Waals surface area contributed by atoms with Gasteiger partial charge in [-0.3, -0.25) is 4.72 Å². The average molecular weight is 376 g/mol. The van der Waals surface area contributed by atoms with Crippen LogP contribution in [0.25, 0.3) is 11.3 Å². The van der Waals surface area contributed by atoms with E-state index in [0.29, 0.717) is 11.6 Å². The molecule has 0 fully saturated rings. The molecule has 2 aromatic rings. The van der Waals surface area contributed by atoms with Gasteiger partial charge in [-0.15, -0.1) is 10.2 Å². The summed E-state index contributed by atoms with van der Waals surface area (Å²) < 4.78 is 63.5. The second kappa shape index (κ2) is 7.68. The van der Waals surface area contributed by atoms with Crippen molar-refractivity contribution in [3.8, 4) is 11.3 Å². The van der Waals surface area contributed by atoms with Crippen LogP contribution in [0, 0.1) is 6.92 Å². The Balaban J connectivity index is 0.00000151. The van der Waals surface area contributed by atoms with Crippen molar-refractivity contribution in [3.05, 3.63) is 35.4 Å². The summed E-state index contributed by atoms with van der Waals surface area (Å²) in [6.45, 7) is 5.64. The first-order valence-corrected chi connectivity index (χ1v) is 9.16. The standard InChI is InChI=1S/C13H13F3N4O2S.C2H6/c1-7-5-11(17)18-19-12(7)9-4-3-8(13(14,15)16)6-10(9)20-23(2,21)22;1-2/h3-6,20H,1-2H3,(H2,17,18);1-2H3. The maximum atomic E-state index is 12.8. The Morgan fingerprint density at radius 2 is 1.72 bits per heavy atom. The molecule has 1 heterocycles. The Labute approximate surface area is 144 Å². The normalized spacial score (nSPS) is 11.5. The number of halogens is 3. The number of benzene rings is 1. The molecule has 3 N–H and O–H groups in total. The minimum absolute atomic E-state index is 0.149. The molecule has 0 atom stereocenters. The quantitative estimate of drug-likeness (QED) is 0.855. The van der Waals surface area contributed by atoms with Gasteiger partial charge in [0.1, 0.15) is 5.82 Å². The molecule has 0 unspecified atom stereocenters. The molecule has 0 saturated heterocycles. The molecule has 0 amide bonds. The number of nitrogens with one attached hydrogen (secondary N) is 1. The lowest BCUT2D eigenvalue weighted by Crippen LogP contribution is -2.13. The monoisotopic (exact) mass is 376 g/mol. The summed E-state index contributed by atoms with van der Waals surface area (Å²) in [6, 6.07) is 4.20. The number of aryl methyl sites for hydroxylation is 1. The molecule has 0 radical (unpaired) electrons. The SMILES string of the molecule is CC.Cc1cc(N)nnc1-c1ccc(C(F)(F)F)cc1NS(C)(=O)=O. The molecule has 0 bridgehead atoms. The van der Waals surface area contributed by atoms with E-state index in [1.165, 1.54) is 6.07 Å². The van der Waals surface area contributed by atoms with Crippen molar-refractivity contribution < 1.29 is 21.6 Å². The fourth-order valence-corrected chi connectivity index (χ4v) is 2.55. The van der Waals surface area contributed by atoms with Crippen LogP contribution in [0.2, 0.25) is 0 Å². The van der Waals surface area contributed by atoms with Gasteiger partial charge >= 0.3 is 6.18 Å². The Bertz CT molecular complexity index is 852. The van der Waals surface area contributed by atoms with E-state index in [0.717, 1.165) is 18.4 Å². The number of nitrogens with zero attached hydrogens (tertiary/aromatic N) is 2. The summed E-state index contributed by atoms with van der Waals surface area (Å²) in [4.78, 5) is 0. The summed E-state index contributed by atoms with van der Waals surface area (Å²) in [6.07, 6.45) is -3.76. The third kappa shape index (κ3) is 5.59. The molecule has 0 aliphatic carbocycles. The second-order valence-corrected chi connectivity index (χ2v) is 6.68. The molecule has 138 valence electrons. The minimum Gasteiger partial charge on any atom is -0.382 e. The van der Waals surface area contributed by atoms with E-state index in [-0.39, 0.29) is 22.8 Å². The average Bonchev–Trinajstić information content (AvgIpc) is 2.47. The fourth-order valence-electron chi connectivity index (χ4n) is 1.98. The van der Waals surface area contributed by atoms with Crippen molar-refractivity contribution in [2.75, 3.05) is 16.7 Å². The van der Waals surface area contributed by atoms with Crippen molar-refractivity contribution in [1.82, 2.24) is 10.2 Å². The van der Waals surface area contributed by atoms with Gasteiger partial charge in [0, 0.05) is 5.56 Å². The molecule has 10 heteroatoms. The summed E-state index contributed by atoms with van der Waals surface area (Å²) in [5.74, 6) is 0.149. The van der Waals surface area contributed by atoms with Crippen LogP contribution in [-0.2, 0) is 16.2 Å². The lowest BCUT2D eigenvalue weighted by Gasteiger charge is -2.15. The smallest absolute Gasteiger partial charge is 0.382 e. The molecular weight excluding hydrogens is 357 g/mol. The van der Waals surface area contributed by atoms with Crippen LogP contribution in [-0.4, -0.2) is 24.9 Å². The van der Waals surface area contributed by atoms with Gasteiger partial charge < -0.3 is 5.73 Å². The highest BCUT2D eigenvalue weighted by Crippen LogP contribution is 2.36. The summed E-state index contributed by atoms with van der Waals surface area (Å²) >= 11 is 0. The first kappa shape index (κ1) is 20.7. The summed E-state index contributed by atoms with van der Waals surface area (Å²) in [5.41, 5.74) is 5.24. The molecule has 25 heavy (non-hydrogen) atoms. The van der Waals surface area contributed by atoms with Crippen LogP contribution in [0.5, 0.6) is 0 Å². The van der Waals surface area contributed by atoms with Crippen molar-refractivity contribution >= 4 is 21.5 Å². The highest BCUT2D eigenvalue weighted by Gasteiger charge is 2.31. The second-order valence-electron chi connectivity index (χ2n) is 4.93. The van der Waals surface area contributed by atoms with Crippen molar-refractivity contribution in [2.24, 2.45) is 0 Å². The van der Waals surface area contributed by atoms with Gasteiger partial charge in [0.05, 0.1) is 23.2 Å². The lowest BCUT2D eigenvalue weighted by atomic mass is 10.0. The van der Waals surface area contributed by atoms with Gasteiger partial charge in [-0.25, -0.2) is 8.42 Å². The number of hydrogen-bond acceptors (Lipinski definition) is 5. The summed E-state index contributed by atoms with van der Waals surface area (Å²) in [5, 5.41) is 7.49. The predicted molar refractivity (Wildman–Crippen MR) is 91.4 cm³/mol. The zero-order valence-electron chi connectivity index (χ0n) is 14.1. The third-order valence-electron chi connectivity index (χ3n) is 2.90. The van der Waals surface area contributed by atoms with E-state index in [9.17, 15) is 21.6 Å². The zero-order chi connectivity index (χ0) is 19.4. The molecular formula is C15H19F3N4O2S. The number of nitrogens with two attached hydrogens (primary N) is 1. The molecule has 1 aromatic heterocycles. The minimum atomic E-state index is -4.60. The number of anilines is 2. The van der Waals surface area contributed by atoms with E-state index in [4.69, 9.17) is 5.73 Å². The van der Waals surface area contributed by atoms with E-state index < -0.39 is 21.8 Å². The van der Waals surface area contributed by atoms with Crippen LogP contribution in [0.3, 0.4) is 0 Å². The Hall–Kier alpha value is -2.36. The zero-order valence-corrected chi connectivity index (χ0v) is 15.0. The first-order valence-electron chi connectivity index (χ1n) is 7.26. The van der Waals surface area contributed by atoms with E-state index >= 15 is 0 Å². The Kier molecular flexibility index (Phi) is 6.36. The molecule has 0 aliphatic heterocycles. The number of hydrogen-bond donors (Lipinski definition) is 2. The molecule has 2 rings (SSSR count). The molecule has 0 saturated carbocycles. The Morgan fingerprint density at radius 3 is 2.20 bits per heavy atom. The Morgan fingerprint density at radius 1 is 1.12 bits per heavy atom. The maximum Gasteiger partial charge on any atom is 0.416 e. The highest BCUT2D eigenvalue weighted by atomic mass is 32.2. The summed E-state index contributed by atoms with van der Waals surface area (Å²) in [7, 11) is -3.78. The molecule has 0 aliphatic rings. The number of aromatic nitrogens is 2. The predicted octanol–water partition coefficient (Wildman–Crippen LogP) is 3.45. The van der Waals surface area contributed by atoms with Crippen LogP contribution < -0.4 is 10.5 Å². The van der Waals surface area contributed by atoms with Crippen LogP contribution in [0.1, 0.15) is 25.0 Å². The van der Waals surface area contributed by atoms with Crippen molar-refractivity contribution in [2.45, 2.75) is 26.9 Å². The maximum absolute atomic E-state index is 12.8. The number of alkyl halides is 3. The highest BCUT2D eigenvalue weighted by molar-refractivity contribution is 7.92. The van der Waals surface area contributed by atoms with Crippen LogP contribution >= 0.6 is 0 Å². The molecule has 6 nitrogen and oxygen atoms in total. The van der Waals surface area contributed by atoms with Crippen LogP contribution in [0.15, 0.2) is 24.3 Å². The van der Waals surface area contributed by atoms with E-state index in [2.05, 4.69) is 14.9 Å². The largest absolute Gasteiger partial charge is 0.416 e. The van der Waals surface area contributed by atoms with Gasteiger partial charge in [-0.05, 0) is 30.7 Å². The van der Waals surface area contributed by atoms with E-state index in [1.54, 1.807) is 6.92 Å². The third-order valence-corrected chi connectivity index (χ3v) is 3.49. The van der Waals surface area contributed by atoms with Crippen LogP contribution in [0.4, 0.5) is 24.7 Å². The van der Waals surface area contributed by atoms with Gasteiger partial charge in [-0.1, -0.05) is 19.9 Å². The topological polar surface area (TPSA) is 98.0 Å². The number of rotatable bonds is 3.